The molecule has 0 saturated carbocycles. The van der Waals surface area contributed by atoms with Crippen molar-refractivity contribution in [3.05, 3.63) is 83.4 Å². The zero-order valence-electron chi connectivity index (χ0n) is 23.1. The van der Waals surface area contributed by atoms with E-state index in [-0.39, 0.29) is 29.1 Å². The van der Waals surface area contributed by atoms with Crippen molar-refractivity contribution in [3.63, 3.8) is 0 Å². The van der Waals surface area contributed by atoms with E-state index < -0.39 is 28.5 Å². The molecule has 0 spiro atoms. The molecule has 1 N–H and O–H groups in total. The highest BCUT2D eigenvalue weighted by Crippen LogP contribution is 2.27. The first-order chi connectivity index (χ1) is 19.0. The van der Waals surface area contributed by atoms with Crippen LogP contribution in [0, 0.1) is 0 Å². The molecule has 40 heavy (non-hydrogen) atoms. The Morgan fingerprint density at radius 1 is 0.900 bits per heavy atom. The topological polar surface area (TPSA) is 105 Å². The molecule has 1 atom stereocenters. The van der Waals surface area contributed by atoms with Crippen LogP contribution in [0.5, 0.6) is 11.5 Å². The summed E-state index contributed by atoms with van der Waals surface area (Å²) in [6, 6.07) is 18.1. The lowest BCUT2D eigenvalue weighted by molar-refractivity contribution is -0.139. The van der Waals surface area contributed by atoms with Gasteiger partial charge in [-0.05, 0) is 87.0 Å². The quantitative estimate of drug-likeness (QED) is 0.335. The van der Waals surface area contributed by atoms with Crippen LogP contribution in [-0.4, -0.2) is 58.0 Å². The van der Waals surface area contributed by atoms with E-state index in [4.69, 9.17) is 21.1 Å². The van der Waals surface area contributed by atoms with Gasteiger partial charge in [0.2, 0.25) is 11.8 Å². The summed E-state index contributed by atoms with van der Waals surface area (Å²) in [4.78, 5) is 28.3. The predicted molar refractivity (Wildman–Crippen MR) is 155 cm³/mol. The molecule has 0 bridgehead atoms. The minimum atomic E-state index is -4.20. The van der Waals surface area contributed by atoms with Crippen LogP contribution in [0.15, 0.2) is 77.7 Å². The molecule has 0 radical (unpaired) electrons. The summed E-state index contributed by atoms with van der Waals surface area (Å²) < 4.78 is 39.2. The van der Waals surface area contributed by atoms with Gasteiger partial charge in [0.25, 0.3) is 10.0 Å². The first kappa shape index (κ1) is 30.8. The normalized spacial score (nSPS) is 12.0. The van der Waals surface area contributed by atoms with Crippen molar-refractivity contribution in [2.24, 2.45) is 0 Å². The smallest absolute Gasteiger partial charge is 0.264 e. The molecule has 2 amide bonds. The van der Waals surface area contributed by atoms with Gasteiger partial charge in [-0.15, -0.1) is 0 Å². The molecule has 0 heterocycles. The van der Waals surface area contributed by atoms with E-state index >= 15 is 0 Å². The van der Waals surface area contributed by atoms with Crippen LogP contribution in [-0.2, 0) is 26.2 Å². The van der Waals surface area contributed by atoms with Crippen molar-refractivity contribution in [2.75, 3.05) is 25.1 Å². The summed E-state index contributed by atoms with van der Waals surface area (Å²) in [5, 5.41) is 3.24. The van der Waals surface area contributed by atoms with Crippen molar-refractivity contribution in [3.8, 4) is 11.5 Å². The van der Waals surface area contributed by atoms with Crippen LogP contribution in [0.4, 0.5) is 5.69 Å². The Morgan fingerprint density at radius 2 is 1.52 bits per heavy atom. The fraction of sp³-hybridized carbons (Fsp3) is 0.310. The van der Waals surface area contributed by atoms with Gasteiger partial charge in [-0.3, -0.25) is 13.9 Å². The van der Waals surface area contributed by atoms with E-state index in [0.717, 1.165) is 4.31 Å². The van der Waals surface area contributed by atoms with Gasteiger partial charge >= 0.3 is 0 Å². The Bertz CT molecular complexity index is 1410. The first-order valence-corrected chi connectivity index (χ1v) is 14.4. The number of nitrogens with one attached hydrogen (secondary N) is 1. The summed E-state index contributed by atoms with van der Waals surface area (Å²) in [5.74, 6) is 0.153. The molecule has 0 aromatic heterocycles. The second kappa shape index (κ2) is 13.5. The summed E-state index contributed by atoms with van der Waals surface area (Å²) in [6.07, 6.45) is 0. The molecule has 0 fully saturated rings. The zero-order valence-corrected chi connectivity index (χ0v) is 24.7. The van der Waals surface area contributed by atoms with Crippen molar-refractivity contribution in [2.45, 2.75) is 44.3 Å². The molecule has 0 saturated heterocycles. The Kier molecular flexibility index (Phi) is 10.4. The molecule has 0 unspecified atom stereocenters. The van der Waals surface area contributed by atoms with E-state index in [9.17, 15) is 18.0 Å². The van der Waals surface area contributed by atoms with E-state index in [2.05, 4.69) is 5.32 Å². The fourth-order valence-corrected chi connectivity index (χ4v) is 5.51. The second-order valence-corrected chi connectivity index (χ2v) is 11.7. The van der Waals surface area contributed by atoms with Crippen molar-refractivity contribution in [1.29, 1.82) is 0 Å². The van der Waals surface area contributed by atoms with Crippen molar-refractivity contribution in [1.82, 2.24) is 10.2 Å². The van der Waals surface area contributed by atoms with Gasteiger partial charge in [0.05, 0.1) is 24.8 Å². The number of anilines is 1. The Labute approximate surface area is 240 Å². The highest BCUT2D eigenvalue weighted by atomic mass is 35.5. The minimum Gasteiger partial charge on any atom is -0.497 e. The average molecular weight is 588 g/mol. The Hall–Kier alpha value is -3.76. The molecule has 11 heteroatoms. The maximum Gasteiger partial charge on any atom is 0.264 e. The third kappa shape index (κ3) is 7.67. The number of hydrogen-bond donors (Lipinski definition) is 1. The van der Waals surface area contributed by atoms with Crippen molar-refractivity contribution < 1.29 is 27.5 Å². The summed E-state index contributed by atoms with van der Waals surface area (Å²) >= 11 is 6.06. The standard InChI is InChI=1S/C29H34ClN3O6S/c1-20(2)31-29(35)21(3)32(18-22-7-6-8-26(17-22)39-5)28(34)19-33(24-11-9-23(30)10-12-24)40(36,37)27-15-13-25(38-4)14-16-27/h6-17,20-21H,18-19H2,1-5H3,(H,31,35)/t21-/m0/s1. The van der Waals surface area contributed by atoms with Crippen LogP contribution in [0.3, 0.4) is 0 Å². The van der Waals surface area contributed by atoms with Crippen LogP contribution in [0.1, 0.15) is 26.3 Å². The highest BCUT2D eigenvalue weighted by molar-refractivity contribution is 7.92. The van der Waals surface area contributed by atoms with Crippen LogP contribution in [0.25, 0.3) is 0 Å². The second-order valence-electron chi connectivity index (χ2n) is 9.38. The largest absolute Gasteiger partial charge is 0.497 e. The summed E-state index contributed by atoms with van der Waals surface area (Å²) in [6.45, 7) is 4.75. The number of carbonyl (C=O) groups excluding carboxylic acids is 2. The van der Waals surface area contributed by atoms with Gasteiger partial charge < -0.3 is 19.7 Å². The molecule has 3 aromatic carbocycles. The number of amides is 2. The molecular weight excluding hydrogens is 554 g/mol. The number of rotatable bonds is 12. The SMILES string of the molecule is COc1ccc(S(=O)(=O)N(CC(=O)N(Cc2cccc(OC)c2)[C@@H](C)C(=O)NC(C)C)c2ccc(Cl)cc2)cc1. The maximum atomic E-state index is 13.9. The van der Waals surface area contributed by atoms with Crippen molar-refractivity contribution >= 4 is 39.1 Å². The van der Waals surface area contributed by atoms with E-state index in [1.165, 1.54) is 55.5 Å². The minimum absolute atomic E-state index is 0.0269. The maximum absolute atomic E-state index is 13.9. The van der Waals surface area contributed by atoms with Gasteiger partial charge in [0.1, 0.15) is 24.1 Å². The van der Waals surface area contributed by atoms with Gasteiger partial charge in [-0.25, -0.2) is 8.42 Å². The Balaban J connectivity index is 2.03. The number of sulfonamides is 1. The molecule has 9 nitrogen and oxygen atoms in total. The number of hydrogen-bond acceptors (Lipinski definition) is 6. The van der Waals surface area contributed by atoms with E-state index in [1.54, 1.807) is 43.3 Å². The molecule has 3 aromatic rings. The van der Waals surface area contributed by atoms with Gasteiger partial charge in [-0.1, -0.05) is 23.7 Å². The number of halogens is 1. The van der Waals surface area contributed by atoms with Gasteiger partial charge in [0.15, 0.2) is 0 Å². The lowest BCUT2D eigenvalue weighted by atomic mass is 10.1. The summed E-state index contributed by atoms with van der Waals surface area (Å²) in [5.41, 5.74) is 0.960. The molecule has 0 aliphatic rings. The van der Waals surface area contributed by atoms with Crippen LogP contribution >= 0.6 is 11.6 Å². The number of ether oxygens (including phenoxy) is 2. The van der Waals surface area contributed by atoms with Crippen LogP contribution < -0.4 is 19.1 Å². The van der Waals surface area contributed by atoms with E-state index in [0.29, 0.717) is 22.1 Å². The lowest BCUT2D eigenvalue weighted by Crippen LogP contribution is -2.52. The highest BCUT2D eigenvalue weighted by Gasteiger charge is 2.32. The third-order valence-corrected chi connectivity index (χ3v) is 8.17. The summed E-state index contributed by atoms with van der Waals surface area (Å²) in [7, 11) is -1.18. The zero-order chi connectivity index (χ0) is 29.4. The monoisotopic (exact) mass is 587 g/mol. The fourth-order valence-electron chi connectivity index (χ4n) is 3.97. The van der Waals surface area contributed by atoms with Gasteiger partial charge in [-0.2, -0.15) is 0 Å². The van der Waals surface area contributed by atoms with Crippen LogP contribution in [0.2, 0.25) is 5.02 Å². The number of benzene rings is 3. The first-order valence-electron chi connectivity index (χ1n) is 12.6. The molecule has 214 valence electrons. The van der Waals surface area contributed by atoms with Gasteiger partial charge in [0, 0.05) is 17.6 Å². The molecule has 3 rings (SSSR count). The Morgan fingerprint density at radius 3 is 2.10 bits per heavy atom. The lowest BCUT2D eigenvalue weighted by Gasteiger charge is -2.32. The molecule has 0 aliphatic carbocycles. The number of nitrogens with zero attached hydrogens (tertiary/aromatic N) is 2. The third-order valence-electron chi connectivity index (χ3n) is 6.13. The molecule has 0 aliphatic heterocycles. The number of methoxy groups -OCH3 is 2. The predicted octanol–water partition coefficient (Wildman–Crippen LogP) is 4.49. The van der Waals surface area contributed by atoms with E-state index in [1.807, 2.05) is 13.8 Å². The average Bonchev–Trinajstić information content (AvgIpc) is 2.94. The number of carbonyl (C=O) groups is 2. The molecular formula is C29H34ClN3O6S.